The smallest absolute Gasteiger partial charge is 0.0256 e. The molecule has 0 aromatic carbocycles. The summed E-state index contributed by atoms with van der Waals surface area (Å²) in [5.74, 6) is 0.680. The highest BCUT2D eigenvalue weighted by atomic mass is 14.7. The maximum absolute atomic E-state index is 4.44. The number of aliphatic imine (C=N–C) groups is 1. The van der Waals surface area contributed by atoms with Crippen molar-refractivity contribution < 1.29 is 0 Å². The van der Waals surface area contributed by atoms with Crippen LogP contribution in [0.3, 0.4) is 0 Å². The molecule has 1 heterocycles. The monoisotopic (exact) mass is 151 g/mol. The molecule has 1 nitrogen and oxygen atoms in total. The van der Waals surface area contributed by atoms with Gasteiger partial charge in [-0.1, -0.05) is 19.4 Å². The number of nitrogens with zero attached hydrogens (tertiary/aromatic N) is 1. The summed E-state index contributed by atoms with van der Waals surface area (Å²) in [5.41, 5.74) is 2.80. The van der Waals surface area contributed by atoms with Crippen molar-refractivity contribution >= 4 is 5.71 Å². The van der Waals surface area contributed by atoms with Gasteiger partial charge in [-0.3, -0.25) is 4.99 Å². The second-order valence-electron chi connectivity index (χ2n) is 3.41. The van der Waals surface area contributed by atoms with Gasteiger partial charge >= 0.3 is 0 Å². The van der Waals surface area contributed by atoms with E-state index in [-0.39, 0.29) is 0 Å². The van der Waals surface area contributed by atoms with Crippen LogP contribution in [0.4, 0.5) is 0 Å². The Bertz CT molecular complexity index is 189. The lowest BCUT2D eigenvalue weighted by molar-refractivity contribution is 0.712. The van der Waals surface area contributed by atoms with Crippen molar-refractivity contribution in [3.8, 4) is 0 Å². The van der Waals surface area contributed by atoms with Gasteiger partial charge in [0.1, 0.15) is 0 Å². The molecule has 0 N–H and O–H groups in total. The summed E-state index contributed by atoms with van der Waals surface area (Å²) in [5, 5.41) is 0. The second-order valence-corrected chi connectivity index (χ2v) is 3.41. The predicted molar refractivity (Wildman–Crippen MR) is 49.9 cm³/mol. The maximum Gasteiger partial charge on any atom is 0.0256 e. The topological polar surface area (TPSA) is 12.4 Å². The summed E-state index contributed by atoms with van der Waals surface area (Å²) >= 11 is 0. The number of hydrogen-bond acceptors (Lipinski definition) is 1. The van der Waals surface area contributed by atoms with Crippen LogP contribution in [0, 0.1) is 5.92 Å². The Labute approximate surface area is 69.2 Å². The van der Waals surface area contributed by atoms with Crippen molar-refractivity contribution in [1.82, 2.24) is 0 Å². The van der Waals surface area contributed by atoms with E-state index in [1.165, 1.54) is 30.5 Å². The van der Waals surface area contributed by atoms with E-state index in [9.17, 15) is 0 Å². The van der Waals surface area contributed by atoms with Crippen LogP contribution in [-0.2, 0) is 0 Å². The van der Waals surface area contributed by atoms with Gasteiger partial charge in [-0.2, -0.15) is 0 Å². The van der Waals surface area contributed by atoms with Crippen LogP contribution in [-0.4, -0.2) is 5.71 Å². The quantitative estimate of drug-likeness (QED) is 0.575. The Hall–Kier alpha value is -0.590. The summed E-state index contributed by atoms with van der Waals surface area (Å²) in [4.78, 5) is 4.44. The van der Waals surface area contributed by atoms with Gasteiger partial charge in [0.25, 0.3) is 0 Å². The molecule has 0 aliphatic carbocycles. The molecule has 1 heteroatoms. The van der Waals surface area contributed by atoms with Crippen LogP contribution < -0.4 is 0 Å². The molecule has 1 aliphatic rings. The van der Waals surface area contributed by atoms with Gasteiger partial charge in [-0.15, -0.1) is 0 Å². The summed E-state index contributed by atoms with van der Waals surface area (Å²) in [6.07, 6.45) is 5.62. The molecule has 1 aliphatic heterocycles. The number of allylic oxidation sites excluding steroid dienone is 1. The Morgan fingerprint density at radius 3 is 2.73 bits per heavy atom. The van der Waals surface area contributed by atoms with Crippen LogP contribution in [0.25, 0.3) is 0 Å². The van der Waals surface area contributed by atoms with Crippen LogP contribution in [0.2, 0.25) is 0 Å². The van der Waals surface area contributed by atoms with Crippen LogP contribution >= 0.6 is 0 Å². The van der Waals surface area contributed by atoms with Crippen molar-refractivity contribution in [1.29, 1.82) is 0 Å². The molecule has 0 saturated heterocycles. The van der Waals surface area contributed by atoms with E-state index in [2.05, 4.69) is 25.8 Å². The molecule has 0 radical (unpaired) electrons. The van der Waals surface area contributed by atoms with E-state index in [0.717, 1.165) is 0 Å². The summed E-state index contributed by atoms with van der Waals surface area (Å²) < 4.78 is 0. The molecule has 11 heavy (non-hydrogen) atoms. The SMILES string of the molecule is CCC(C)C1=NC=C(C)CC1. The Morgan fingerprint density at radius 1 is 1.55 bits per heavy atom. The van der Waals surface area contributed by atoms with Crippen LogP contribution in [0.15, 0.2) is 16.8 Å². The third-order valence-corrected chi connectivity index (χ3v) is 2.41. The highest BCUT2D eigenvalue weighted by Crippen LogP contribution is 2.17. The normalized spacial score (nSPS) is 20.6. The molecule has 1 unspecified atom stereocenters. The lowest BCUT2D eigenvalue weighted by Gasteiger charge is -2.15. The van der Waals surface area contributed by atoms with E-state index in [1.54, 1.807) is 0 Å². The molecule has 0 aromatic heterocycles. The third-order valence-electron chi connectivity index (χ3n) is 2.41. The molecule has 0 spiro atoms. The first-order chi connectivity index (χ1) is 5.24. The van der Waals surface area contributed by atoms with E-state index in [0.29, 0.717) is 5.92 Å². The van der Waals surface area contributed by atoms with Crippen molar-refractivity contribution in [2.24, 2.45) is 10.9 Å². The molecule has 0 fully saturated rings. The first kappa shape index (κ1) is 8.51. The standard InChI is InChI=1S/C10H17N/c1-4-9(3)10-6-5-8(2)7-11-10/h7,9H,4-6H2,1-3H3. The highest BCUT2D eigenvalue weighted by molar-refractivity contribution is 5.87. The van der Waals surface area contributed by atoms with Crippen molar-refractivity contribution in [2.45, 2.75) is 40.0 Å². The minimum atomic E-state index is 0.680. The lowest BCUT2D eigenvalue weighted by Crippen LogP contribution is -2.12. The molecule has 0 bridgehead atoms. The number of rotatable bonds is 2. The van der Waals surface area contributed by atoms with Gasteiger partial charge in [0.05, 0.1) is 0 Å². The first-order valence-corrected chi connectivity index (χ1v) is 4.46. The van der Waals surface area contributed by atoms with E-state index < -0.39 is 0 Å². The average molecular weight is 151 g/mol. The highest BCUT2D eigenvalue weighted by Gasteiger charge is 2.10. The number of hydrogen-bond donors (Lipinski definition) is 0. The fourth-order valence-electron chi connectivity index (χ4n) is 1.26. The molecular weight excluding hydrogens is 134 g/mol. The fourth-order valence-corrected chi connectivity index (χ4v) is 1.26. The largest absolute Gasteiger partial charge is 0.265 e. The van der Waals surface area contributed by atoms with Crippen LogP contribution in [0.1, 0.15) is 40.0 Å². The maximum atomic E-state index is 4.44. The summed E-state index contributed by atoms with van der Waals surface area (Å²) in [7, 11) is 0. The zero-order valence-electron chi connectivity index (χ0n) is 7.72. The van der Waals surface area contributed by atoms with Gasteiger partial charge in [-0.05, 0) is 32.1 Å². The van der Waals surface area contributed by atoms with Crippen molar-refractivity contribution in [3.63, 3.8) is 0 Å². The fraction of sp³-hybridized carbons (Fsp3) is 0.700. The Kier molecular flexibility index (Phi) is 2.86. The third kappa shape index (κ3) is 2.18. The first-order valence-electron chi connectivity index (χ1n) is 4.46. The molecule has 0 amide bonds. The molecular formula is C10H17N. The molecule has 0 saturated carbocycles. The van der Waals surface area contributed by atoms with E-state index in [1.807, 2.05) is 6.20 Å². The zero-order chi connectivity index (χ0) is 8.27. The molecule has 1 rings (SSSR count). The predicted octanol–water partition coefficient (Wildman–Crippen LogP) is 3.17. The Balaban J connectivity index is 2.60. The Morgan fingerprint density at radius 2 is 2.27 bits per heavy atom. The van der Waals surface area contributed by atoms with Crippen molar-refractivity contribution in [3.05, 3.63) is 11.8 Å². The van der Waals surface area contributed by atoms with E-state index in [4.69, 9.17) is 0 Å². The minimum Gasteiger partial charge on any atom is -0.265 e. The van der Waals surface area contributed by atoms with Crippen molar-refractivity contribution in [2.75, 3.05) is 0 Å². The van der Waals surface area contributed by atoms with Gasteiger partial charge in [0.15, 0.2) is 0 Å². The summed E-state index contributed by atoms with van der Waals surface area (Å²) in [6, 6.07) is 0. The second kappa shape index (κ2) is 3.70. The lowest BCUT2D eigenvalue weighted by atomic mass is 9.95. The summed E-state index contributed by atoms with van der Waals surface area (Å²) in [6.45, 7) is 6.63. The minimum absolute atomic E-state index is 0.680. The van der Waals surface area contributed by atoms with E-state index >= 15 is 0 Å². The average Bonchev–Trinajstić information content (AvgIpc) is 2.05. The molecule has 0 aromatic rings. The molecule has 1 atom stereocenters. The molecule has 62 valence electrons. The zero-order valence-corrected chi connectivity index (χ0v) is 7.72. The van der Waals surface area contributed by atoms with Crippen LogP contribution in [0.5, 0.6) is 0 Å². The van der Waals surface area contributed by atoms with Gasteiger partial charge in [0, 0.05) is 11.9 Å². The van der Waals surface area contributed by atoms with Gasteiger partial charge < -0.3 is 0 Å². The van der Waals surface area contributed by atoms with Gasteiger partial charge in [-0.25, -0.2) is 0 Å². The van der Waals surface area contributed by atoms with Gasteiger partial charge in [0.2, 0.25) is 0 Å².